The summed E-state index contributed by atoms with van der Waals surface area (Å²) in [5.74, 6) is -0.690. The van der Waals surface area contributed by atoms with E-state index in [2.05, 4.69) is 25.7 Å². The molecule has 0 fully saturated rings. The molecular weight excluding hydrogens is 214 g/mol. The summed E-state index contributed by atoms with van der Waals surface area (Å²) < 4.78 is 0. The Morgan fingerprint density at radius 3 is 2.18 bits per heavy atom. The highest BCUT2D eigenvalue weighted by Crippen LogP contribution is 2.25. The average Bonchev–Trinajstić information content (AvgIpc) is 2.23. The van der Waals surface area contributed by atoms with Gasteiger partial charge in [-0.1, -0.05) is 33.1 Å². The number of hydrogen-bond acceptors (Lipinski definition) is 2. The molecule has 0 aromatic heterocycles. The normalized spacial score (nSPS) is 15.2. The first kappa shape index (κ1) is 16.4. The lowest BCUT2D eigenvalue weighted by Gasteiger charge is -2.41. The first-order valence-electron chi connectivity index (χ1n) is 6.90. The summed E-state index contributed by atoms with van der Waals surface area (Å²) >= 11 is 0. The van der Waals surface area contributed by atoms with Crippen LogP contribution in [0.5, 0.6) is 0 Å². The molecule has 3 heteroatoms. The van der Waals surface area contributed by atoms with Crippen molar-refractivity contribution < 1.29 is 9.90 Å². The third-order valence-electron chi connectivity index (χ3n) is 3.46. The maximum Gasteiger partial charge on any atom is 0.323 e. The van der Waals surface area contributed by atoms with E-state index in [1.165, 1.54) is 12.8 Å². The molecule has 0 saturated heterocycles. The van der Waals surface area contributed by atoms with Crippen LogP contribution in [-0.4, -0.2) is 34.1 Å². The highest BCUT2D eigenvalue weighted by atomic mass is 16.4. The van der Waals surface area contributed by atoms with E-state index in [1.54, 1.807) is 0 Å². The van der Waals surface area contributed by atoms with Crippen LogP contribution >= 0.6 is 0 Å². The molecule has 0 saturated carbocycles. The van der Waals surface area contributed by atoms with Gasteiger partial charge < -0.3 is 5.11 Å². The number of hydrogen-bond donors (Lipinski definition) is 1. The summed E-state index contributed by atoms with van der Waals surface area (Å²) in [6, 6.07) is 0.277. The van der Waals surface area contributed by atoms with Gasteiger partial charge in [0.2, 0.25) is 0 Å². The molecule has 0 rings (SSSR count). The number of carbonyl (C=O) groups is 1. The van der Waals surface area contributed by atoms with E-state index in [0.29, 0.717) is 6.42 Å². The quantitative estimate of drug-likeness (QED) is 0.630. The van der Waals surface area contributed by atoms with Gasteiger partial charge in [-0.15, -0.1) is 0 Å². The van der Waals surface area contributed by atoms with Gasteiger partial charge in [0.25, 0.3) is 0 Å². The zero-order chi connectivity index (χ0) is 13.5. The van der Waals surface area contributed by atoms with Crippen molar-refractivity contribution in [2.24, 2.45) is 0 Å². The van der Waals surface area contributed by atoms with Crippen LogP contribution in [0.1, 0.15) is 66.7 Å². The summed E-state index contributed by atoms with van der Waals surface area (Å²) in [5, 5.41) is 9.50. The molecule has 0 aromatic rings. The van der Waals surface area contributed by atoms with Gasteiger partial charge in [0.05, 0.1) is 0 Å². The van der Waals surface area contributed by atoms with Crippen molar-refractivity contribution in [3.05, 3.63) is 0 Å². The number of carboxylic acids is 1. The smallest absolute Gasteiger partial charge is 0.323 e. The van der Waals surface area contributed by atoms with Gasteiger partial charge in [0.15, 0.2) is 0 Å². The maximum absolute atomic E-state index is 11.5. The van der Waals surface area contributed by atoms with Crippen molar-refractivity contribution in [3.63, 3.8) is 0 Å². The van der Waals surface area contributed by atoms with Crippen molar-refractivity contribution in [1.29, 1.82) is 0 Å². The van der Waals surface area contributed by atoms with E-state index in [1.807, 2.05) is 13.8 Å². The van der Waals surface area contributed by atoms with Crippen molar-refractivity contribution in [2.75, 3.05) is 6.54 Å². The molecule has 0 aliphatic heterocycles. The van der Waals surface area contributed by atoms with E-state index in [4.69, 9.17) is 0 Å². The number of carboxylic acid groups (broad SMARTS) is 1. The van der Waals surface area contributed by atoms with Gasteiger partial charge in [-0.2, -0.15) is 0 Å². The summed E-state index contributed by atoms with van der Waals surface area (Å²) in [6.45, 7) is 11.1. The van der Waals surface area contributed by atoms with Crippen molar-refractivity contribution in [3.8, 4) is 0 Å². The first-order chi connectivity index (χ1) is 7.90. The van der Waals surface area contributed by atoms with E-state index in [0.717, 1.165) is 19.4 Å². The van der Waals surface area contributed by atoms with Crippen molar-refractivity contribution in [1.82, 2.24) is 4.90 Å². The number of aliphatic carboxylic acids is 1. The summed E-state index contributed by atoms with van der Waals surface area (Å²) in [6.07, 6.45) is 5.04. The van der Waals surface area contributed by atoms with Crippen LogP contribution in [0.3, 0.4) is 0 Å². The highest BCUT2D eigenvalue weighted by Gasteiger charge is 2.39. The van der Waals surface area contributed by atoms with E-state index in [-0.39, 0.29) is 6.04 Å². The minimum Gasteiger partial charge on any atom is -0.480 e. The monoisotopic (exact) mass is 243 g/mol. The Morgan fingerprint density at radius 2 is 1.82 bits per heavy atom. The molecule has 3 nitrogen and oxygen atoms in total. The van der Waals surface area contributed by atoms with Crippen LogP contribution in [-0.2, 0) is 4.79 Å². The second-order valence-corrected chi connectivity index (χ2v) is 5.32. The third kappa shape index (κ3) is 4.66. The molecule has 1 unspecified atom stereocenters. The van der Waals surface area contributed by atoms with Gasteiger partial charge in [-0.25, -0.2) is 0 Å². The minimum absolute atomic E-state index is 0.277. The van der Waals surface area contributed by atoms with Gasteiger partial charge in [0.1, 0.15) is 5.54 Å². The molecule has 0 amide bonds. The fourth-order valence-electron chi connectivity index (χ4n) is 2.47. The van der Waals surface area contributed by atoms with E-state index >= 15 is 0 Å². The van der Waals surface area contributed by atoms with Gasteiger partial charge in [-0.05, 0) is 40.2 Å². The zero-order valence-corrected chi connectivity index (χ0v) is 12.1. The van der Waals surface area contributed by atoms with Crippen LogP contribution in [0.15, 0.2) is 0 Å². The standard InChI is InChI=1S/C14H29NO2/c1-6-8-9-11-15(12(3)4)14(5,10-7-2)13(16)17/h12H,6-11H2,1-5H3,(H,16,17). The second-order valence-electron chi connectivity index (χ2n) is 5.32. The SMILES string of the molecule is CCCCCN(C(C)C)C(C)(CCC)C(=O)O. The molecule has 0 aliphatic rings. The lowest BCUT2D eigenvalue weighted by atomic mass is 9.92. The fraction of sp³-hybridized carbons (Fsp3) is 0.929. The summed E-state index contributed by atoms with van der Waals surface area (Å²) in [5.41, 5.74) is -0.712. The fourth-order valence-corrected chi connectivity index (χ4v) is 2.47. The second kappa shape index (κ2) is 7.70. The van der Waals surface area contributed by atoms with Gasteiger partial charge in [0, 0.05) is 6.04 Å². The van der Waals surface area contributed by atoms with Crippen LogP contribution in [0.2, 0.25) is 0 Å². The van der Waals surface area contributed by atoms with E-state index in [9.17, 15) is 9.90 Å². The Hall–Kier alpha value is -0.570. The largest absolute Gasteiger partial charge is 0.480 e. The van der Waals surface area contributed by atoms with E-state index < -0.39 is 11.5 Å². The zero-order valence-electron chi connectivity index (χ0n) is 12.1. The van der Waals surface area contributed by atoms with Crippen LogP contribution in [0, 0.1) is 0 Å². The van der Waals surface area contributed by atoms with Crippen LogP contribution < -0.4 is 0 Å². The molecule has 0 heterocycles. The maximum atomic E-state index is 11.5. The van der Waals surface area contributed by atoms with Crippen molar-refractivity contribution in [2.45, 2.75) is 78.3 Å². The Labute approximate surface area is 106 Å². The van der Waals surface area contributed by atoms with Crippen LogP contribution in [0.25, 0.3) is 0 Å². The molecule has 102 valence electrons. The third-order valence-corrected chi connectivity index (χ3v) is 3.46. The predicted octanol–water partition coefficient (Wildman–Crippen LogP) is 3.53. The summed E-state index contributed by atoms with van der Waals surface area (Å²) in [7, 11) is 0. The minimum atomic E-state index is -0.712. The first-order valence-corrected chi connectivity index (χ1v) is 6.90. The molecule has 0 aliphatic carbocycles. The van der Waals surface area contributed by atoms with Crippen LogP contribution in [0.4, 0.5) is 0 Å². The Balaban J connectivity index is 4.77. The molecule has 1 atom stereocenters. The molecule has 1 N–H and O–H groups in total. The van der Waals surface area contributed by atoms with Gasteiger partial charge >= 0.3 is 5.97 Å². The molecule has 0 radical (unpaired) electrons. The Kier molecular flexibility index (Phi) is 7.44. The van der Waals surface area contributed by atoms with Gasteiger partial charge in [-0.3, -0.25) is 9.69 Å². The molecule has 0 bridgehead atoms. The Morgan fingerprint density at radius 1 is 1.24 bits per heavy atom. The topological polar surface area (TPSA) is 40.5 Å². The average molecular weight is 243 g/mol. The lowest BCUT2D eigenvalue weighted by Crippen LogP contribution is -2.55. The molecular formula is C14H29NO2. The summed E-state index contributed by atoms with van der Waals surface area (Å²) in [4.78, 5) is 13.7. The predicted molar refractivity (Wildman–Crippen MR) is 72.3 cm³/mol. The molecule has 0 spiro atoms. The lowest BCUT2D eigenvalue weighted by molar-refractivity contribution is -0.152. The number of nitrogens with zero attached hydrogens (tertiary/aromatic N) is 1. The number of rotatable bonds is 9. The molecule has 17 heavy (non-hydrogen) atoms. The highest BCUT2D eigenvalue weighted by molar-refractivity contribution is 5.78. The Bertz CT molecular complexity index is 228. The molecule has 0 aromatic carbocycles. The number of unbranched alkanes of at least 4 members (excludes halogenated alkanes) is 2. The van der Waals surface area contributed by atoms with Crippen molar-refractivity contribution >= 4 is 5.97 Å².